The van der Waals surface area contributed by atoms with E-state index >= 15 is 0 Å². The third kappa shape index (κ3) is 4.61. The van der Waals surface area contributed by atoms with Crippen molar-refractivity contribution in [2.24, 2.45) is 0 Å². The molecule has 6 rings (SSSR count). The number of ether oxygens (including phenoxy) is 1. The molecule has 1 aliphatic carbocycles. The first kappa shape index (κ1) is 22.1. The van der Waals surface area contributed by atoms with Crippen LogP contribution in [0.3, 0.4) is 0 Å². The molecule has 2 aromatic carbocycles. The average molecular weight is 469 g/mol. The first-order chi connectivity index (χ1) is 17.2. The molecule has 2 fully saturated rings. The number of nitrogen functional groups attached to an aromatic ring is 1. The molecule has 0 bridgehead atoms. The monoisotopic (exact) mass is 468 g/mol. The molecule has 2 aromatic heterocycles. The van der Waals surface area contributed by atoms with Crippen LogP contribution in [0.5, 0.6) is 11.5 Å². The Hall–Kier alpha value is -3.42. The summed E-state index contributed by atoms with van der Waals surface area (Å²) in [6.45, 7) is 2.22. The highest BCUT2D eigenvalue weighted by atomic mass is 16.5. The lowest BCUT2D eigenvalue weighted by Crippen LogP contribution is -2.41. The van der Waals surface area contributed by atoms with Crippen LogP contribution in [0.4, 0.5) is 5.82 Å². The van der Waals surface area contributed by atoms with Crippen molar-refractivity contribution < 1.29 is 4.74 Å². The Morgan fingerprint density at radius 1 is 0.886 bits per heavy atom. The molecule has 0 spiro atoms. The molecule has 0 unspecified atom stereocenters. The lowest BCUT2D eigenvalue weighted by atomic mass is 9.90. The number of nitrogens with one attached hydrogen (secondary N) is 2. The van der Waals surface area contributed by atoms with Crippen molar-refractivity contribution >= 4 is 16.9 Å². The molecule has 1 saturated carbocycles. The van der Waals surface area contributed by atoms with E-state index in [4.69, 9.17) is 10.5 Å². The molecule has 1 saturated heterocycles. The van der Waals surface area contributed by atoms with Crippen LogP contribution in [0.2, 0.25) is 0 Å². The largest absolute Gasteiger partial charge is 0.457 e. The first-order valence-electron chi connectivity index (χ1n) is 12.7. The number of aromatic nitrogens is 3. The van der Waals surface area contributed by atoms with Crippen LogP contribution in [0.15, 0.2) is 67.1 Å². The molecule has 4 N–H and O–H groups in total. The van der Waals surface area contributed by atoms with Gasteiger partial charge in [-0.25, -0.2) is 9.97 Å². The van der Waals surface area contributed by atoms with Gasteiger partial charge in [-0.05, 0) is 68.5 Å². The van der Waals surface area contributed by atoms with Crippen molar-refractivity contribution in [3.05, 3.63) is 67.1 Å². The van der Waals surface area contributed by atoms with Gasteiger partial charge < -0.3 is 25.7 Å². The summed E-state index contributed by atoms with van der Waals surface area (Å²) in [5.41, 5.74) is 9.46. The van der Waals surface area contributed by atoms with Crippen molar-refractivity contribution in [2.75, 3.05) is 18.8 Å². The highest BCUT2D eigenvalue weighted by Crippen LogP contribution is 2.38. The Kier molecular flexibility index (Phi) is 6.10. The van der Waals surface area contributed by atoms with Gasteiger partial charge in [0.1, 0.15) is 29.3 Å². The number of rotatable bonds is 6. The SMILES string of the molecule is Nc1ncnc2c1c(-c1ccc(Oc3ccccc3)cc1)cn2[C@H]1CC[C@@H](N[C@H]2CCNC2)CC1. The number of nitrogens with two attached hydrogens (primary N) is 1. The molecule has 7 heteroatoms. The van der Waals surface area contributed by atoms with Crippen LogP contribution in [0.25, 0.3) is 22.2 Å². The second kappa shape index (κ2) is 9.68. The van der Waals surface area contributed by atoms with Gasteiger partial charge in [0.05, 0.1) is 5.39 Å². The van der Waals surface area contributed by atoms with Crippen molar-refractivity contribution in [1.82, 2.24) is 25.2 Å². The van der Waals surface area contributed by atoms with Gasteiger partial charge in [0, 0.05) is 36.4 Å². The zero-order valence-corrected chi connectivity index (χ0v) is 19.9. The number of para-hydroxylation sites is 1. The van der Waals surface area contributed by atoms with Gasteiger partial charge in [0.2, 0.25) is 0 Å². The quantitative estimate of drug-likeness (QED) is 0.373. The smallest absolute Gasteiger partial charge is 0.146 e. The minimum Gasteiger partial charge on any atom is -0.457 e. The fourth-order valence-electron chi connectivity index (χ4n) is 5.58. The van der Waals surface area contributed by atoms with Gasteiger partial charge in [-0.3, -0.25) is 0 Å². The molecule has 1 aliphatic heterocycles. The molecule has 180 valence electrons. The summed E-state index contributed by atoms with van der Waals surface area (Å²) in [6.07, 6.45) is 9.67. The Morgan fingerprint density at radius 2 is 1.66 bits per heavy atom. The van der Waals surface area contributed by atoms with Crippen LogP contribution in [0.1, 0.15) is 38.1 Å². The van der Waals surface area contributed by atoms with Crippen LogP contribution in [0, 0.1) is 0 Å². The summed E-state index contributed by atoms with van der Waals surface area (Å²) in [4.78, 5) is 8.97. The molecule has 4 aromatic rings. The second-order valence-corrected chi connectivity index (χ2v) is 9.71. The van der Waals surface area contributed by atoms with E-state index in [0.29, 0.717) is 23.9 Å². The minimum absolute atomic E-state index is 0.418. The Balaban J connectivity index is 1.24. The Bertz CT molecular complexity index is 1270. The number of nitrogens with zero attached hydrogens (tertiary/aromatic N) is 3. The molecule has 7 nitrogen and oxygen atoms in total. The maximum Gasteiger partial charge on any atom is 0.146 e. The minimum atomic E-state index is 0.418. The van der Waals surface area contributed by atoms with E-state index < -0.39 is 0 Å². The summed E-state index contributed by atoms with van der Waals surface area (Å²) < 4.78 is 8.31. The first-order valence-corrected chi connectivity index (χ1v) is 12.7. The van der Waals surface area contributed by atoms with Crippen LogP contribution in [-0.4, -0.2) is 39.7 Å². The standard InChI is InChI=1S/C28H32N6O/c29-27-26-25(19-6-12-24(13-7-19)35-23-4-2-1-3-5-23)17-34(28(26)32-18-31-27)22-10-8-20(9-11-22)33-21-14-15-30-16-21/h1-7,12-13,17-18,20-22,30,33H,8-11,14-16H2,(H2,29,31,32)/t20-,21-,22+/m0/s1. The fourth-order valence-corrected chi connectivity index (χ4v) is 5.58. The van der Waals surface area contributed by atoms with Gasteiger partial charge in [-0.15, -0.1) is 0 Å². The van der Waals surface area contributed by atoms with Gasteiger partial charge in [0.25, 0.3) is 0 Å². The molecule has 0 radical (unpaired) electrons. The molecule has 2 aliphatic rings. The topological polar surface area (TPSA) is 90.0 Å². The van der Waals surface area contributed by atoms with E-state index in [1.807, 2.05) is 42.5 Å². The van der Waals surface area contributed by atoms with E-state index in [-0.39, 0.29) is 0 Å². The van der Waals surface area contributed by atoms with Crippen LogP contribution >= 0.6 is 0 Å². The summed E-state index contributed by atoms with van der Waals surface area (Å²) in [5, 5.41) is 8.25. The summed E-state index contributed by atoms with van der Waals surface area (Å²) in [6, 6.07) is 19.6. The maximum atomic E-state index is 6.38. The molecule has 0 amide bonds. The zero-order chi connectivity index (χ0) is 23.6. The zero-order valence-electron chi connectivity index (χ0n) is 19.9. The van der Waals surface area contributed by atoms with Crippen LogP contribution in [-0.2, 0) is 0 Å². The third-order valence-corrected chi connectivity index (χ3v) is 7.40. The van der Waals surface area contributed by atoms with E-state index in [2.05, 4.69) is 43.5 Å². The average Bonchev–Trinajstić information content (AvgIpc) is 3.55. The van der Waals surface area contributed by atoms with Crippen LogP contribution < -0.4 is 21.1 Å². The normalized spacial score (nSPS) is 22.5. The van der Waals surface area contributed by atoms with E-state index in [9.17, 15) is 0 Å². The van der Waals surface area contributed by atoms with E-state index in [1.165, 1.54) is 19.3 Å². The predicted molar refractivity (Wildman–Crippen MR) is 140 cm³/mol. The lowest BCUT2D eigenvalue weighted by Gasteiger charge is -2.32. The van der Waals surface area contributed by atoms with Crippen molar-refractivity contribution in [3.8, 4) is 22.6 Å². The van der Waals surface area contributed by atoms with Crippen molar-refractivity contribution in [2.45, 2.75) is 50.2 Å². The lowest BCUT2D eigenvalue weighted by molar-refractivity contribution is 0.280. The molecular weight excluding hydrogens is 436 g/mol. The van der Waals surface area contributed by atoms with Gasteiger partial charge in [-0.1, -0.05) is 30.3 Å². The number of hydrogen-bond acceptors (Lipinski definition) is 6. The van der Waals surface area contributed by atoms with Gasteiger partial charge in [0.15, 0.2) is 0 Å². The van der Waals surface area contributed by atoms with E-state index in [0.717, 1.165) is 59.6 Å². The molecule has 1 atom stereocenters. The Labute approximate surface area is 205 Å². The summed E-state index contributed by atoms with van der Waals surface area (Å²) >= 11 is 0. The van der Waals surface area contributed by atoms with Crippen molar-refractivity contribution in [1.29, 1.82) is 0 Å². The highest BCUT2D eigenvalue weighted by molar-refractivity contribution is 6.00. The molecule has 3 heterocycles. The summed E-state index contributed by atoms with van der Waals surface area (Å²) in [7, 11) is 0. The third-order valence-electron chi connectivity index (χ3n) is 7.40. The maximum absolute atomic E-state index is 6.38. The van der Waals surface area contributed by atoms with Gasteiger partial charge in [-0.2, -0.15) is 0 Å². The molecule has 35 heavy (non-hydrogen) atoms. The molecular formula is C28H32N6O. The second-order valence-electron chi connectivity index (χ2n) is 9.71. The Morgan fingerprint density at radius 3 is 2.40 bits per heavy atom. The predicted octanol–water partition coefficient (Wildman–Crippen LogP) is 4.91. The highest BCUT2D eigenvalue weighted by Gasteiger charge is 2.27. The number of anilines is 1. The summed E-state index contributed by atoms with van der Waals surface area (Å²) in [5.74, 6) is 2.15. The number of fused-ring (bicyclic) bond motifs is 1. The number of hydrogen-bond donors (Lipinski definition) is 3. The number of benzene rings is 2. The van der Waals surface area contributed by atoms with Crippen molar-refractivity contribution in [3.63, 3.8) is 0 Å². The van der Waals surface area contributed by atoms with E-state index in [1.54, 1.807) is 6.33 Å². The van der Waals surface area contributed by atoms with Gasteiger partial charge >= 0.3 is 0 Å². The fraction of sp³-hybridized carbons (Fsp3) is 0.357.